The summed E-state index contributed by atoms with van der Waals surface area (Å²) in [6.45, 7) is 5.86. The molecule has 1 atom stereocenters. The molecular formula is C14H30O2. The van der Waals surface area contributed by atoms with E-state index in [9.17, 15) is 0 Å². The van der Waals surface area contributed by atoms with Crippen LogP contribution in [-0.4, -0.2) is 26.4 Å². The Labute approximate surface area is 102 Å². The highest BCUT2D eigenvalue weighted by Gasteiger charge is 2.01. The van der Waals surface area contributed by atoms with E-state index >= 15 is 0 Å². The molecule has 0 aliphatic rings. The molecule has 2 heteroatoms. The molecule has 0 N–H and O–H groups in total. The van der Waals surface area contributed by atoms with Crippen LogP contribution in [0, 0.1) is 0 Å². The van der Waals surface area contributed by atoms with E-state index < -0.39 is 0 Å². The van der Waals surface area contributed by atoms with Crippen molar-refractivity contribution in [2.45, 2.75) is 71.3 Å². The van der Waals surface area contributed by atoms with Gasteiger partial charge in [-0.05, 0) is 13.3 Å². The van der Waals surface area contributed by atoms with Gasteiger partial charge in [-0.3, -0.25) is 0 Å². The van der Waals surface area contributed by atoms with Gasteiger partial charge < -0.3 is 9.47 Å². The lowest BCUT2D eigenvalue weighted by molar-refractivity contribution is 0.0214. The molecule has 0 spiro atoms. The molecule has 0 rings (SSSR count). The smallest absolute Gasteiger partial charge is 0.0703 e. The first-order valence-corrected chi connectivity index (χ1v) is 6.91. The van der Waals surface area contributed by atoms with E-state index in [2.05, 4.69) is 13.8 Å². The summed E-state index contributed by atoms with van der Waals surface area (Å²) in [6.07, 6.45) is 11.2. The molecule has 0 aromatic rings. The van der Waals surface area contributed by atoms with Crippen molar-refractivity contribution in [2.24, 2.45) is 0 Å². The lowest BCUT2D eigenvalue weighted by Crippen LogP contribution is -2.12. The topological polar surface area (TPSA) is 18.5 Å². The molecule has 0 aromatic heterocycles. The zero-order valence-electron chi connectivity index (χ0n) is 11.5. The highest BCUT2D eigenvalue weighted by atomic mass is 16.5. The predicted octanol–water partition coefficient (Wildman–Crippen LogP) is 4.18. The first-order valence-electron chi connectivity index (χ1n) is 6.91. The van der Waals surface area contributed by atoms with E-state index in [-0.39, 0.29) is 0 Å². The lowest BCUT2D eigenvalue weighted by Gasteiger charge is -2.12. The SMILES string of the molecule is CCCCCCCCCC(C)OCCOC. The van der Waals surface area contributed by atoms with Gasteiger partial charge in [-0.25, -0.2) is 0 Å². The van der Waals surface area contributed by atoms with Gasteiger partial charge in [0.15, 0.2) is 0 Å². The van der Waals surface area contributed by atoms with Crippen LogP contribution in [-0.2, 0) is 9.47 Å². The van der Waals surface area contributed by atoms with Gasteiger partial charge in [0, 0.05) is 7.11 Å². The van der Waals surface area contributed by atoms with Gasteiger partial charge in [-0.1, -0.05) is 51.9 Å². The molecule has 98 valence electrons. The van der Waals surface area contributed by atoms with Gasteiger partial charge in [-0.15, -0.1) is 0 Å². The monoisotopic (exact) mass is 230 g/mol. The van der Waals surface area contributed by atoms with Crippen LogP contribution in [0.3, 0.4) is 0 Å². The van der Waals surface area contributed by atoms with E-state index in [1.54, 1.807) is 7.11 Å². The molecule has 0 saturated carbocycles. The minimum absolute atomic E-state index is 0.394. The second kappa shape index (κ2) is 13.0. The third kappa shape index (κ3) is 12.0. The first kappa shape index (κ1) is 15.9. The summed E-state index contributed by atoms with van der Waals surface area (Å²) in [4.78, 5) is 0. The van der Waals surface area contributed by atoms with E-state index in [1.165, 1.54) is 51.4 Å². The number of hydrogen-bond donors (Lipinski definition) is 0. The van der Waals surface area contributed by atoms with Gasteiger partial charge in [0.2, 0.25) is 0 Å². The minimum Gasteiger partial charge on any atom is -0.382 e. The van der Waals surface area contributed by atoms with Crippen molar-refractivity contribution in [2.75, 3.05) is 20.3 Å². The molecule has 2 nitrogen and oxygen atoms in total. The fourth-order valence-corrected chi connectivity index (χ4v) is 1.80. The van der Waals surface area contributed by atoms with E-state index in [1.807, 2.05) is 0 Å². The Balaban J connectivity index is 3.06. The Bertz CT molecular complexity index is 126. The first-order chi connectivity index (χ1) is 7.81. The average Bonchev–Trinajstić information content (AvgIpc) is 2.28. The minimum atomic E-state index is 0.394. The van der Waals surface area contributed by atoms with Crippen LogP contribution in [0.1, 0.15) is 65.2 Å². The van der Waals surface area contributed by atoms with Gasteiger partial charge in [-0.2, -0.15) is 0 Å². The summed E-state index contributed by atoms with van der Waals surface area (Å²) >= 11 is 0. The Morgan fingerprint density at radius 2 is 1.50 bits per heavy atom. The molecule has 1 unspecified atom stereocenters. The predicted molar refractivity (Wildman–Crippen MR) is 69.9 cm³/mol. The molecule has 0 aliphatic carbocycles. The second-order valence-corrected chi connectivity index (χ2v) is 4.58. The van der Waals surface area contributed by atoms with Gasteiger partial charge in [0.1, 0.15) is 0 Å². The summed E-state index contributed by atoms with van der Waals surface area (Å²) < 4.78 is 10.6. The number of ether oxygens (including phenoxy) is 2. The molecule has 16 heavy (non-hydrogen) atoms. The van der Waals surface area contributed by atoms with Gasteiger partial charge >= 0.3 is 0 Å². The molecule has 0 radical (unpaired) electrons. The Morgan fingerprint density at radius 1 is 0.875 bits per heavy atom. The van der Waals surface area contributed by atoms with Crippen LogP contribution in [0.15, 0.2) is 0 Å². The number of hydrogen-bond acceptors (Lipinski definition) is 2. The normalized spacial score (nSPS) is 12.9. The molecule has 0 aromatic carbocycles. The average molecular weight is 230 g/mol. The van der Waals surface area contributed by atoms with E-state index in [4.69, 9.17) is 9.47 Å². The lowest BCUT2D eigenvalue weighted by atomic mass is 10.1. The number of rotatable bonds is 12. The van der Waals surface area contributed by atoms with Crippen molar-refractivity contribution in [3.63, 3.8) is 0 Å². The standard InChI is InChI=1S/C14H30O2/c1-4-5-6-7-8-9-10-11-14(2)16-13-12-15-3/h14H,4-13H2,1-3H3. The molecule has 0 saturated heterocycles. The molecule has 0 amide bonds. The third-order valence-corrected chi connectivity index (χ3v) is 2.90. The van der Waals surface area contributed by atoms with Gasteiger partial charge in [0.25, 0.3) is 0 Å². The quantitative estimate of drug-likeness (QED) is 0.468. The molecule has 0 bridgehead atoms. The van der Waals surface area contributed by atoms with Crippen LogP contribution < -0.4 is 0 Å². The summed E-state index contributed by atoms with van der Waals surface area (Å²) in [5, 5.41) is 0. The van der Waals surface area contributed by atoms with Crippen molar-refractivity contribution < 1.29 is 9.47 Å². The van der Waals surface area contributed by atoms with E-state index in [0.29, 0.717) is 12.7 Å². The Hall–Kier alpha value is -0.0800. The van der Waals surface area contributed by atoms with Crippen molar-refractivity contribution >= 4 is 0 Å². The van der Waals surface area contributed by atoms with E-state index in [0.717, 1.165) is 6.61 Å². The highest BCUT2D eigenvalue weighted by Crippen LogP contribution is 2.10. The fourth-order valence-electron chi connectivity index (χ4n) is 1.80. The maximum atomic E-state index is 5.60. The fraction of sp³-hybridized carbons (Fsp3) is 1.00. The van der Waals surface area contributed by atoms with Crippen LogP contribution in [0.5, 0.6) is 0 Å². The third-order valence-electron chi connectivity index (χ3n) is 2.90. The summed E-state index contributed by atoms with van der Waals surface area (Å²) in [5.74, 6) is 0. The maximum Gasteiger partial charge on any atom is 0.0703 e. The molecular weight excluding hydrogens is 200 g/mol. The Kier molecular flexibility index (Phi) is 12.9. The van der Waals surface area contributed by atoms with Crippen molar-refractivity contribution in [3.05, 3.63) is 0 Å². The Morgan fingerprint density at radius 3 is 2.12 bits per heavy atom. The summed E-state index contributed by atoms with van der Waals surface area (Å²) in [5.41, 5.74) is 0. The molecule has 0 aliphatic heterocycles. The second-order valence-electron chi connectivity index (χ2n) is 4.58. The maximum absolute atomic E-state index is 5.60. The largest absolute Gasteiger partial charge is 0.382 e. The number of unbranched alkanes of at least 4 members (excludes halogenated alkanes) is 6. The van der Waals surface area contributed by atoms with Crippen molar-refractivity contribution in [1.82, 2.24) is 0 Å². The molecule has 0 fully saturated rings. The summed E-state index contributed by atoms with van der Waals surface area (Å²) in [7, 11) is 1.71. The zero-order valence-corrected chi connectivity index (χ0v) is 11.5. The number of methoxy groups -OCH3 is 1. The zero-order chi connectivity index (χ0) is 12.1. The van der Waals surface area contributed by atoms with Crippen LogP contribution >= 0.6 is 0 Å². The van der Waals surface area contributed by atoms with Crippen LogP contribution in [0.4, 0.5) is 0 Å². The highest BCUT2D eigenvalue weighted by molar-refractivity contribution is 4.52. The van der Waals surface area contributed by atoms with Crippen molar-refractivity contribution in [3.8, 4) is 0 Å². The summed E-state index contributed by atoms with van der Waals surface area (Å²) in [6, 6.07) is 0. The molecule has 0 heterocycles. The van der Waals surface area contributed by atoms with Gasteiger partial charge in [0.05, 0.1) is 19.3 Å². The van der Waals surface area contributed by atoms with Crippen molar-refractivity contribution in [1.29, 1.82) is 0 Å². The van der Waals surface area contributed by atoms with Crippen LogP contribution in [0.25, 0.3) is 0 Å². The van der Waals surface area contributed by atoms with Crippen LogP contribution in [0.2, 0.25) is 0 Å².